The summed E-state index contributed by atoms with van der Waals surface area (Å²) in [6.45, 7) is 4.12. The number of fused-ring (bicyclic) bond motifs is 1. The van der Waals surface area contributed by atoms with Gasteiger partial charge in [0.15, 0.2) is 0 Å². The minimum Gasteiger partial charge on any atom is -0.507 e. The SMILES string of the molecule is COc1cc2c(O)cc(C(=O)O)c(-c3ccccc3)c2cc1Sc1c(C)cccc1C. The van der Waals surface area contributed by atoms with E-state index in [4.69, 9.17) is 4.74 Å². The van der Waals surface area contributed by atoms with E-state index in [1.165, 1.54) is 6.07 Å². The van der Waals surface area contributed by atoms with Crippen molar-refractivity contribution in [3.05, 3.63) is 83.4 Å². The molecule has 0 aliphatic carbocycles. The molecule has 0 aromatic heterocycles. The molecule has 0 aliphatic rings. The van der Waals surface area contributed by atoms with E-state index in [1.807, 2.05) is 42.5 Å². The summed E-state index contributed by atoms with van der Waals surface area (Å²) in [6.07, 6.45) is 0. The van der Waals surface area contributed by atoms with Gasteiger partial charge in [-0.2, -0.15) is 0 Å². The number of hydrogen-bond donors (Lipinski definition) is 2. The molecule has 4 nitrogen and oxygen atoms in total. The Hall–Kier alpha value is -3.44. The van der Waals surface area contributed by atoms with Crippen molar-refractivity contribution >= 4 is 28.5 Å². The van der Waals surface area contributed by atoms with Crippen molar-refractivity contribution in [3.8, 4) is 22.6 Å². The number of methoxy groups -OCH3 is 1. The Bertz CT molecular complexity index is 1280. The van der Waals surface area contributed by atoms with Crippen LogP contribution in [0.1, 0.15) is 21.5 Å². The fourth-order valence-corrected chi connectivity index (χ4v) is 4.90. The molecule has 4 aromatic rings. The van der Waals surface area contributed by atoms with Gasteiger partial charge in [-0.15, -0.1) is 0 Å². The maximum absolute atomic E-state index is 12.0. The van der Waals surface area contributed by atoms with E-state index in [0.29, 0.717) is 22.1 Å². The standard InChI is InChI=1S/C26H22O4S/c1-15-8-7-9-16(2)25(15)31-23-14-19-18(13-22(23)30-3)21(27)12-20(26(28)29)24(19)17-10-5-4-6-11-17/h4-14,27H,1-3H3,(H,28,29). The molecule has 0 fully saturated rings. The highest BCUT2D eigenvalue weighted by atomic mass is 32.2. The lowest BCUT2D eigenvalue weighted by molar-refractivity contribution is 0.0697. The number of aromatic hydroxyl groups is 1. The zero-order valence-corrected chi connectivity index (χ0v) is 18.3. The van der Waals surface area contributed by atoms with E-state index in [1.54, 1.807) is 24.9 Å². The first kappa shape index (κ1) is 20.8. The molecule has 2 N–H and O–H groups in total. The van der Waals surface area contributed by atoms with E-state index in [-0.39, 0.29) is 11.3 Å². The summed E-state index contributed by atoms with van der Waals surface area (Å²) < 4.78 is 5.64. The predicted molar refractivity (Wildman–Crippen MR) is 125 cm³/mol. The minimum atomic E-state index is -1.09. The van der Waals surface area contributed by atoms with E-state index in [9.17, 15) is 15.0 Å². The molecule has 0 radical (unpaired) electrons. The van der Waals surface area contributed by atoms with Crippen LogP contribution in [0.5, 0.6) is 11.5 Å². The smallest absolute Gasteiger partial charge is 0.336 e. The summed E-state index contributed by atoms with van der Waals surface area (Å²) in [7, 11) is 1.59. The van der Waals surface area contributed by atoms with Gasteiger partial charge in [0.1, 0.15) is 11.5 Å². The van der Waals surface area contributed by atoms with Crippen LogP contribution in [0.2, 0.25) is 0 Å². The molecule has 0 saturated carbocycles. The van der Waals surface area contributed by atoms with Crippen molar-refractivity contribution in [1.29, 1.82) is 0 Å². The van der Waals surface area contributed by atoms with E-state index < -0.39 is 5.97 Å². The molecule has 0 aliphatic heterocycles. The number of rotatable bonds is 5. The third kappa shape index (κ3) is 3.84. The van der Waals surface area contributed by atoms with Crippen molar-refractivity contribution < 1.29 is 19.7 Å². The molecular formula is C26H22O4S. The Morgan fingerprint density at radius 2 is 1.58 bits per heavy atom. The fourth-order valence-electron chi connectivity index (χ4n) is 3.80. The molecule has 5 heteroatoms. The molecule has 0 atom stereocenters. The zero-order valence-electron chi connectivity index (χ0n) is 17.5. The number of ether oxygens (including phenoxy) is 1. The van der Waals surface area contributed by atoms with Gasteiger partial charge in [-0.1, -0.05) is 60.3 Å². The van der Waals surface area contributed by atoms with Crippen LogP contribution in [0.4, 0.5) is 0 Å². The van der Waals surface area contributed by atoms with Crippen molar-refractivity contribution in [2.75, 3.05) is 7.11 Å². The van der Waals surface area contributed by atoms with Crippen LogP contribution in [-0.2, 0) is 0 Å². The van der Waals surface area contributed by atoms with Crippen molar-refractivity contribution in [1.82, 2.24) is 0 Å². The molecule has 31 heavy (non-hydrogen) atoms. The number of benzene rings is 4. The van der Waals surface area contributed by atoms with Crippen LogP contribution < -0.4 is 4.74 Å². The van der Waals surface area contributed by atoms with Crippen LogP contribution in [0.15, 0.2) is 76.5 Å². The molecule has 0 saturated heterocycles. The summed E-state index contributed by atoms with van der Waals surface area (Å²) in [5, 5.41) is 21.7. The van der Waals surface area contributed by atoms with Gasteiger partial charge in [0, 0.05) is 15.8 Å². The second-order valence-corrected chi connectivity index (χ2v) is 8.41. The fraction of sp³-hybridized carbons (Fsp3) is 0.115. The van der Waals surface area contributed by atoms with Crippen molar-refractivity contribution in [2.45, 2.75) is 23.6 Å². The maximum Gasteiger partial charge on any atom is 0.336 e. The highest BCUT2D eigenvalue weighted by Crippen LogP contribution is 2.45. The van der Waals surface area contributed by atoms with Gasteiger partial charge in [-0.05, 0) is 54.1 Å². The van der Waals surface area contributed by atoms with Gasteiger partial charge >= 0.3 is 5.97 Å². The van der Waals surface area contributed by atoms with Crippen molar-refractivity contribution in [3.63, 3.8) is 0 Å². The second kappa shape index (κ2) is 8.36. The summed E-state index contributed by atoms with van der Waals surface area (Å²) in [4.78, 5) is 14.0. The third-order valence-corrected chi connectivity index (χ3v) is 6.70. The quantitative estimate of drug-likeness (QED) is 0.369. The van der Waals surface area contributed by atoms with Crippen LogP contribution in [-0.4, -0.2) is 23.3 Å². The lowest BCUT2D eigenvalue weighted by Gasteiger charge is -2.17. The van der Waals surface area contributed by atoms with Gasteiger partial charge in [-0.25, -0.2) is 4.79 Å². The minimum absolute atomic E-state index is 0.0596. The van der Waals surface area contributed by atoms with Gasteiger partial charge < -0.3 is 14.9 Å². The Labute approximate surface area is 185 Å². The van der Waals surface area contributed by atoms with Crippen molar-refractivity contribution in [2.24, 2.45) is 0 Å². The van der Waals surface area contributed by atoms with Crippen LogP contribution in [0.25, 0.3) is 21.9 Å². The van der Waals surface area contributed by atoms with Gasteiger partial charge in [0.25, 0.3) is 0 Å². The number of carboxylic acids is 1. The number of aryl methyl sites for hydroxylation is 2. The number of aromatic carboxylic acids is 1. The first-order valence-electron chi connectivity index (χ1n) is 9.81. The summed E-state index contributed by atoms with van der Waals surface area (Å²) >= 11 is 1.58. The second-order valence-electron chi connectivity index (χ2n) is 7.36. The highest BCUT2D eigenvalue weighted by molar-refractivity contribution is 7.99. The van der Waals surface area contributed by atoms with Gasteiger partial charge in [0.2, 0.25) is 0 Å². The first-order chi connectivity index (χ1) is 14.9. The first-order valence-corrected chi connectivity index (χ1v) is 10.6. The zero-order chi connectivity index (χ0) is 22.1. The average molecular weight is 431 g/mol. The Morgan fingerprint density at radius 3 is 2.19 bits per heavy atom. The van der Waals surface area contributed by atoms with Crippen LogP contribution >= 0.6 is 11.8 Å². The van der Waals surface area contributed by atoms with Crippen LogP contribution in [0, 0.1) is 13.8 Å². The van der Waals surface area contributed by atoms with Gasteiger partial charge in [-0.3, -0.25) is 0 Å². The molecule has 0 spiro atoms. The van der Waals surface area contributed by atoms with Gasteiger partial charge in [0.05, 0.1) is 17.6 Å². The maximum atomic E-state index is 12.0. The molecule has 4 rings (SSSR count). The monoisotopic (exact) mass is 430 g/mol. The molecule has 0 bridgehead atoms. The molecule has 0 amide bonds. The topological polar surface area (TPSA) is 66.8 Å². The molecule has 4 aromatic carbocycles. The average Bonchev–Trinajstić information content (AvgIpc) is 2.76. The Balaban J connectivity index is 2.04. The van der Waals surface area contributed by atoms with E-state index >= 15 is 0 Å². The summed E-state index contributed by atoms with van der Waals surface area (Å²) in [5.41, 5.74) is 3.71. The molecular weight excluding hydrogens is 408 g/mol. The number of hydrogen-bond acceptors (Lipinski definition) is 4. The Morgan fingerprint density at radius 1 is 0.903 bits per heavy atom. The largest absolute Gasteiger partial charge is 0.507 e. The number of carbonyl (C=O) groups is 1. The lowest BCUT2D eigenvalue weighted by atomic mass is 9.92. The number of phenols is 1. The van der Waals surface area contributed by atoms with E-state index in [0.717, 1.165) is 26.5 Å². The lowest BCUT2D eigenvalue weighted by Crippen LogP contribution is -2.01. The summed E-state index contributed by atoms with van der Waals surface area (Å²) in [5.74, 6) is -0.553. The number of phenolic OH excluding ortho intramolecular Hbond substituents is 1. The molecule has 0 unspecified atom stereocenters. The Kier molecular flexibility index (Phi) is 5.61. The highest BCUT2D eigenvalue weighted by Gasteiger charge is 2.21. The summed E-state index contributed by atoms with van der Waals surface area (Å²) in [6, 6.07) is 20.5. The number of carboxylic acid groups (broad SMARTS) is 1. The van der Waals surface area contributed by atoms with Crippen LogP contribution in [0.3, 0.4) is 0 Å². The molecule has 156 valence electrons. The normalized spacial score (nSPS) is 10.9. The molecule has 0 heterocycles. The predicted octanol–water partition coefficient (Wildman–Crippen LogP) is 6.69. The third-order valence-electron chi connectivity index (χ3n) is 5.31. The van der Waals surface area contributed by atoms with E-state index in [2.05, 4.69) is 26.0 Å².